The topological polar surface area (TPSA) is 75.4 Å². The van der Waals surface area contributed by atoms with Gasteiger partial charge in [0.1, 0.15) is 10.7 Å². The van der Waals surface area contributed by atoms with Crippen molar-refractivity contribution in [2.24, 2.45) is 13.0 Å². The Balaban J connectivity index is 2.38. The van der Waals surface area contributed by atoms with Gasteiger partial charge in [-0.3, -0.25) is 4.68 Å². The third-order valence-electron chi connectivity index (χ3n) is 4.24. The van der Waals surface area contributed by atoms with Crippen LogP contribution in [0.15, 0.2) is 29.2 Å². The Bertz CT molecular complexity index is 861. The smallest absolute Gasteiger partial charge is 0.246 e. The fraction of sp³-hybridized carbons (Fsp3) is 0.500. The van der Waals surface area contributed by atoms with E-state index in [1.54, 1.807) is 20.9 Å². The van der Waals surface area contributed by atoms with Gasteiger partial charge in [-0.1, -0.05) is 26.0 Å². The average Bonchev–Trinajstić information content (AvgIpc) is 2.79. The van der Waals surface area contributed by atoms with E-state index in [2.05, 4.69) is 5.10 Å². The molecule has 6 nitrogen and oxygen atoms in total. The summed E-state index contributed by atoms with van der Waals surface area (Å²) in [4.78, 5) is 0.173. The summed E-state index contributed by atoms with van der Waals surface area (Å²) in [5.41, 5.74) is 1.44. The lowest BCUT2D eigenvalue weighted by Gasteiger charge is -2.26. The second-order valence-corrected chi connectivity index (χ2v) is 8.78. The summed E-state index contributed by atoms with van der Waals surface area (Å²) in [7, 11) is -2.14. The molecular weight excluding hydrogens is 357 g/mol. The van der Waals surface area contributed by atoms with Gasteiger partial charge < -0.3 is 5.11 Å². The van der Waals surface area contributed by atoms with E-state index >= 15 is 0 Å². The van der Waals surface area contributed by atoms with Crippen LogP contribution >= 0.6 is 0 Å². The lowest BCUT2D eigenvalue weighted by atomic mass is 10.1. The van der Waals surface area contributed by atoms with Gasteiger partial charge in [0.25, 0.3) is 0 Å². The molecule has 0 fully saturated rings. The van der Waals surface area contributed by atoms with Crippen molar-refractivity contribution in [1.29, 1.82) is 0 Å². The highest BCUT2D eigenvalue weighted by Crippen LogP contribution is 2.26. The highest BCUT2D eigenvalue weighted by Gasteiger charge is 2.32. The maximum atomic E-state index is 13.2. The summed E-state index contributed by atoms with van der Waals surface area (Å²) in [6, 6.07) is 5.41. The van der Waals surface area contributed by atoms with Gasteiger partial charge in [-0.05, 0) is 37.5 Å². The Kier molecular flexibility index (Phi) is 6.21. The van der Waals surface area contributed by atoms with Gasteiger partial charge in [-0.2, -0.15) is 9.40 Å². The standard InChI is InChI=1S/C18H26FN3O3S/c1-12(2)10-22(11-17(23)15-6-8-16(19)9-7-15)26(24,25)18-13(3)20-21(5)14(18)4/h6-9,12,17,23H,10-11H2,1-5H3/t17-/m1/s1. The van der Waals surface area contributed by atoms with Crippen molar-refractivity contribution in [3.05, 3.63) is 47.0 Å². The molecule has 8 heteroatoms. The second kappa shape index (κ2) is 7.85. The molecule has 1 aromatic carbocycles. The maximum Gasteiger partial charge on any atom is 0.246 e. The average molecular weight is 383 g/mol. The highest BCUT2D eigenvalue weighted by atomic mass is 32.2. The SMILES string of the molecule is Cc1nn(C)c(C)c1S(=O)(=O)N(CC(C)C)C[C@@H](O)c1ccc(F)cc1. The number of benzene rings is 1. The molecule has 144 valence electrons. The van der Waals surface area contributed by atoms with Crippen LogP contribution in [0.3, 0.4) is 0 Å². The molecule has 0 saturated heterocycles. The van der Waals surface area contributed by atoms with Crippen LogP contribution in [0.1, 0.15) is 36.9 Å². The summed E-state index contributed by atoms with van der Waals surface area (Å²) < 4.78 is 42.4. The molecule has 1 N–H and O–H groups in total. The summed E-state index contributed by atoms with van der Waals surface area (Å²) in [5, 5.41) is 14.7. The van der Waals surface area contributed by atoms with Crippen LogP contribution < -0.4 is 0 Å². The highest BCUT2D eigenvalue weighted by molar-refractivity contribution is 7.89. The van der Waals surface area contributed by atoms with Crippen molar-refractivity contribution in [2.45, 2.75) is 38.7 Å². The van der Waals surface area contributed by atoms with E-state index in [9.17, 15) is 17.9 Å². The number of hydrogen-bond acceptors (Lipinski definition) is 4. The predicted octanol–water partition coefficient (Wildman–Crippen LogP) is 2.56. The van der Waals surface area contributed by atoms with E-state index in [0.717, 1.165) is 0 Å². The number of aryl methyl sites for hydroxylation is 2. The van der Waals surface area contributed by atoms with Crippen molar-refractivity contribution in [3.8, 4) is 0 Å². The minimum atomic E-state index is -3.83. The van der Waals surface area contributed by atoms with Gasteiger partial charge in [0.2, 0.25) is 10.0 Å². The van der Waals surface area contributed by atoms with Crippen LogP contribution in [-0.2, 0) is 17.1 Å². The van der Waals surface area contributed by atoms with E-state index in [4.69, 9.17) is 0 Å². The Morgan fingerprint density at radius 1 is 1.19 bits per heavy atom. The van der Waals surface area contributed by atoms with Crippen molar-refractivity contribution in [2.75, 3.05) is 13.1 Å². The minimum Gasteiger partial charge on any atom is -0.387 e. The molecule has 1 aromatic heterocycles. The largest absolute Gasteiger partial charge is 0.387 e. The lowest BCUT2D eigenvalue weighted by molar-refractivity contribution is 0.143. The van der Waals surface area contributed by atoms with Gasteiger partial charge in [-0.15, -0.1) is 0 Å². The van der Waals surface area contributed by atoms with E-state index < -0.39 is 21.9 Å². The number of halogens is 1. The van der Waals surface area contributed by atoms with Crippen LogP contribution in [0, 0.1) is 25.6 Å². The number of aliphatic hydroxyl groups is 1. The van der Waals surface area contributed by atoms with Gasteiger partial charge in [0.05, 0.1) is 17.5 Å². The van der Waals surface area contributed by atoms with Gasteiger partial charge in [-0.25, -0.2) is 12.8 Å². The number of hydrogen-bond donors (Lipinski definition) is 1. The third kappa shape index (κ3) is 4.31. The molecule has 0 unspecified atom stereocenters. The molecule has 0 spiro atoms. The van der Waals surface area contributed by atoms with Gasteiger partial charge in [0.15, 0.2) is 0 Å². The van der Waals surface area contributed by atoms with E-state index in [1.165, 1.54) is 33.3 Å². The normalized spacial score (nSPS) is 13.6. The van der Waals surface area contributed by atoms with Crippen LogP contribution in [0.2, 0.25) is 0 Å². The molecule has 0 bridgehead atoms. The van der Waals surface area contributed by atoms with Gasteiger partial charge in [0, 0.05) is 20.1 Å². The molecule has 2 rings (SSSR count). The molecule has 1 atom stereocenters. The molecule has 0 saturated carbocycles. The van der Waals surface area contributed by atoms with Gasteiger partial charge >= 0.3 is 0 Å². The minimum absolute atomic E-state index is 0.0717. The lowest BCUT2D eigenvalue weighted by Crippen LogP contribution is -2.38. The van der Waals surface area contributed by atoms with Crippen molar-refractivity contribution >= 4 is 10.0 Å². The van der Waals surface area contributed by atoms with Crippen molar-refractivity contribution in [1.82, 2.24) is 14.1 Å². The first-order valence-corrected chi connectivity index (χ1v) is 9.92. The molecule has 0 aliphatic heterocycles. The molecule has 2 aromatic rings. The molecule has 26 heavy (non-hydrogen) atoms. The summed E-state index contributed by atoms with van der Waals surface area (Å²) in [6.45, 7) is 7.33. The molecule has 0 aliphatic rings. The van der Waals surface area contributed by atoms with E-state index in [0.29, 0.717) is 17.0 Å². The summed E-state index contributed by atoms with van der Waals surface area (Å²) in [5.74, 6) is -0.336. The Morgan fingerprint density at radius 2 is 1.77 bits per heavy atom. The fourth-order valence-corrected chi connectivity index (χ4v) is 4.93. The van der Waals surface area contributed by atoms with Crippen LogP contribution in [0.4, 0.5) is 4.39 Å². The fourth-order valence-electron chi connectivity index (χ4n) is 2.92. The summed E-state index contributed by atoms with van der Waals surface area (Å²) >= 11 is 0. The number of rotatable bonds is 7. The Morgan fingerprint density at radius 3 is 2.23 bits per heavy atom. The number of aliphatic hydroxyl groups excluding tert-OH is 1. The number of nitrogens with zero attached hydrogens (tertiary/aromatic N) is 3. The number of sulfonamides is 1. The third-order valence-corrected chi connectivity index (χ3v) is 6.33. The molecule has 0 aliphatic carbocycles. The van der Waals surface area contributed by atoms with Crippen molar-refractivity contribution in [3.63, 3.8) is 0 Å². The van der Waals surface area contributed by atoms with E-state index in [1.807, 2.05) is 13.8 Å². The Hall–Kier alpha value is -1.77. The molecular formula is C18H26FN3O3S. The monoisotopic (exact) mass is 383 g/mol. The van der Waals surface area contributed by atoms with Crippen LogP contribution in [0.25, 0.3) is 0 Å². The predicted molar refractivity (Wildman–Crippen MR) is 97.6 cm³/mol. The first kappa shape index (κ1) is 20.5. The first-order chi connectivity index (χ1) is 12.0. The quantitative estimate of drug-likeness (QED) is 0.797. The number of aromatic nitrogens is 2. The summed E-state index contributed by atoms with van der Waals surface area (Å²) in [6.07, 6.45) is -1.05. The zero-order valence-electron chi connectivity index (χ0n) is 15.8. The Labute approximate surface area is 154 Å². The maximum absolute atomic E-state index is 13.2. The molecule has 0 radical (unpaired) electrons. The zero-order chi connectivity index (χ0) is 19.6. The van der Waals surface area contributed by atoms with Crippen LogP contribution in [-0.4, -0.2) is 40.7 Å². The van der Waals surface area contributed by atoms with Crippen LogP contribution in [0.5, 0.6) is 0 Å². The zero-order valence-corrected chi connectivity index (χ0v) is 16.6. The molecule has 0 amide bonds. The second-order valence-electron chi connectivity index (χ2n) is 6.91. The molecule has 1 heterocycles. The van der Waals surface area contributed by atoms with E-state index in [-0.39, 0.29) is 23.9 Å². The first-order valence-electron chi connectivity index (χ1n) is 8.48. The van der Waals surface area contributed by atoms with Crippen molar-refractivity contribution < 1.29 is 17.9 Å².